The molecule has 9 heteroatoms. The van der Waals surface area contributed by atoms with Gasteiger partial charge in [0, 0.05) is 5.92 Å². The summed E-state index contributed by atoms with van der Waals surface area (Å²) in [7, 11) is -3.60. The summed E-state index contributed by atoms with van der Waals surface area (Å²) < 4.78 is 61.5. The van der Waals surface area contributed by atoms with Gasteiger partial charge >= 0.3 is 6.18 Å². The zero-order valence-electron chi connectivity index (χ0n) is 12.6. The number of hydrogen-bond donors (Lipinski definition) is 2. The van der Waals surface area contributed by atoms with Crippen LogP contribution in [0.3, 0.4) is 0 Å². The molecule has 1 aliphatic heterocycles. The van der Waals surface area contributed by atoms with Crippen molar-refractivity contribution < 1.29 is 27.1 Å². The summed E-state index contributed by atoms with van der Waals surface area (Å²) in [6.07, 6.45) is -0.422. The minimum absolute atomic E-state index is 0.112. The van der Waals surface area contributed by atoms with Gasteiger partial charge in [0.25, 0.3) is 5.91 Å². The van der Waals surface area contributed by atoms with Crippen LogP contribution in [0, 0.1) is 29.1 Å². The Morgan fingerprint density at radius 1 is 1.24 bits per heavy atom. The van der Waals surface area contributed by atoms with Gasteiger partial charge in [-0.1, -0.05) is 12.2 Å². The molecule has 0 spiro atoms. The molecule has 2 fully saturated rings. The molecule has 4 rings (SSSR count). The molecule has 3 aliphatic rings. The van der Waals surface area contributed by atoms with E-state index in [2.05, 4.69) is 0 Å². The Kier molecular flexibility index (Phi) is 3.29. The van der Waals surface area contributed by atoms with Crippen LogP contribution in [0.1, 0.15) is 17.5 Å². The van der Waals surface area contributed by atoms with Crippen LogP contribution < -0.4 is 4.31 Å². The largest absolute Gasteiger partial charge is 0.417 e. The molecule has 25 heavy (non-hydrogen) atoms. The standard InChI is InChI=1S/C16H13F3N2O3S/c17-16(18,19)12-6-11(4-3-10(12)7-20)21-15(22)13-8-1-2-9(5-8)14(13)25(21,23)24/h1-4,6,8-9,13-14,23-24H,5H2/t8-,9+,13-,14+/m0/s1. The first-order valence-electron chi connectivity index (χ1n) is 7.57. The summed E-state index contributed by atoms with van der Waals surface area (Å²) in [5.41, 5.74) is -2.03. The number of benzene rings is 1. The zero-order chi connectivity index (χ0) is 18.1. The van der Waals surface area contributed by atoms with Crippen molar-refractivity contribution in [3.63, 3.8) is 0 Å². The number of carbonyl (C=O) groups excluding carboxylic acids is 1. The van der Waals surface area contributed by atoms with E-state index in [1.54, 1.807) is 0 Å². The van der Waals surface area contributed by atoms with Crippen LogP contribution in [0.15, 0.2) is 30.4 Å². The van der Waals surface area contributed by atoms with Crippen LogP contribution in [0.2, 0.25) is 0 Å². The number of carbonyl (C=O) groups is 1. The highest BCUT2D eigenvalue weighted by Gasteiger charge is 2.63. The van der Waals surface area contributed by atoms with Crippen LogP contribution in [0.4, 0.5) is 18.9 Å². The van der Waals surface area contributed by atoms with Gasteiger partial charge in [0.1, 0.15) is 0 Å². The lowest BCUT2D eigenvalue weighted by molar-refractivity contribution is -0.137. The molecule has 1 heterocycles. The fourth-order valence-electron chi connectivity index (χ4n) is 4.19. The minimum atomic E-state index is -4.79. The van der Waals surface area contributed by atoms with Gasteiger partial charge in [-0.25, -0.2) is 4.31 Å². The van der Waals surface area contributed by atoms with Crippen molar-refractivity contribution in [1.82, 2.24) is 0 Å². The number of anilines is 1. The first-order valence-corrected chi connectivity index (χ1v) is 9.14. The van der Waals surface area contributed by atoms with Gasteiger partial charge in [-0.05, 0) is 30.5 Å². The maximum absolute atomic E-state index is 13.2. The second-order valence-corrected chi connectivity index (χ2v) is 8.50. The van der Waals surface area contributed by atoms with E-state index in [9.17, 15) is 27.1 Å². The molecule has 1 saturated carbocycles. The van der Waals surface area contributed by atoms with E-state index in [1.807, 2.05) is 12.2 Å². The van der Waals surface area contributed by atoms with Crippen LogP contribution in [-0.2, 0) is 11.0 Å². The molecule has 1 aromatic carbocycles. The predicted octanol–water partition coefficient (Wildman–Crippen LogP) is 3.78. The molecule has 0 unspecified atom stereocenters. The number of rotatable bonds is 1. The fourth-order valence-corrected chi connectivity index (χ4v) is 6.63. The van der Waals surface area contributed by atoms with E-state index in [0.717, 1.165) is 12.1 Å². The molecular weight excluding hydrogens is 357 g/mol. The Morgan fingerprint density at radius 2 is 1.92 bits per heavy atom. The zero-order valence-corrected chi connectivity index (χ0v) is 13.5. The maximum Gasteiger partial charge on any atom is 0.417 e. The Bertz CT molecular complexity index is 846. The number of nitriles is 1. The second kappa shape index (κ2) is 5.00. The summed E-state index contributed by atoms with van der Waals surface area (Å²) in [5, 5.41) is 8.17. The van der Waals surface area contributed by atoms with Gasteiger partial charge in [-0.2, -0.15) is 18.4 Å². The average Bonchev–Trinajstić information content (AvgIpc) is 3.19. The molecule has 1 aromatic rings. The van der Waals surface area contributed by atoms with Gasteiger partial charge in [0.2, 0.25) is 0 Å². The topological polar surface area (TPSA) is 84.6 Å². The number of hydrogen-bond acceptors (Lipinski definition) is 4. The third-order valence-electron chi connectivity index (χ3n) is 5.17. The number of halogens is 3. The summed E-state index contributed by atoms with van der Waals surface area (Å²) in [4.78, 5) is 12.8. The lowest BCUT2D eigenvalue weighted by Crippen LogP contribution is -2.31. The van der Waals surface area contributed by atoms with E-state index < -0.39 is 45.2 Å². The average molecular weight is 370 g/mol. The Labute approximate surface area is 142 Å². The van der Waals surface area contributed by atoms with E-state index in [1.165, 1.54) is 6.07 Å². The lowest BCUT2D eigenvalue weighted by Gasteiger charge is -2.42. The molecule has 0 radical (unpaired) electrons. The van der Waals surface area contributed by atoms with Crippen LogP contribution >= 0.6 is 10.8 Å². The van der Waals surface area contributed by atoms with Crippen molar-refractivity contribution in [3.8, 4) is 6.07 Å². The molecule has 4 atom stereocenters. The summed E-state index contributed by atoms with van der Waals surface area (Å²) in [6.45, 7) is 0. The summed E-state index contributed by atoms with van der Waals surface area (Å²) in [5.74, 6) is -1.46. The fraction of sp³-hybridized carbons (Fsp3) is 0.375. The third kappa shape index (κ3) is 2.14. The highest BCUT2D eigenvalue weighted by molar-refractivity contribution is 8.27. The number of allylic oxidation sites excluding steroid dienone is 2. The highest BCUT2D eigenvalue weighted by Crippen LogP contribution is 2.68. The van der Waals surface area contributed by atoms with Crippen molar-refractivity contribution in [1.29, 1.82) is 5.26 Å². The molecule has 2 aliphatic carbocycles. The molecule has 2 bridgehead atoms. The monoisotopic (exact) mass is 370 g/mol. The molecule has 2 N–H and O–H groups in total. The highest BCUT2D eigenvalue weighted by atomic mass is 32.3. The van der Waals surface area contributed by atoms with Crippen molar-refractivity contribution >= 4 is 22.4 Å². The van der Waals surface area contributed by atoms with E-state index in [-0.39, 0.29) is 17.5 Å². The minimum Gasteiger partial charge on any atom is -0.281 e. The number of fused-ring (bicyclic) bond motifs is 5. The predicted molar refractivity (Wildman–Crippen MR) is 84.5 cm³/mol. The Morgan fingerprint density at radius 3 is 2.52 bits per heavy atom. The number of alkyl halides is 3. The van der Waals surface area contributed by atoms with Gasteiger partial charge < -0.3 is 0 Å². The lowest BCUT2D eigenvalue weighted by atomic mass is 9.92. The van der Waals surface area contributed by atoms with E-state index in [4.69, 9.17) is 5.26 Å². The maximum atomic E-state index is 13.2. The van der Waals surface area contributed by atoms with Crippen LogP contribution in [-0.4, -0.2) is 20.3 Å². The molecule has 1 saturated heterocycles. The Hall–Kier alpha value is -2.02. The van der Waals surface area contributed by atoms with E-state index >= 15 is 0 Å². The number of amides is 1. The van der Waals surface area contributed by atoms with Crippen molar-refractivity contribution in [2.75, 3.05) is 4.31 Å². The second-order valence-electron chi connectivity index (χ2n) is 6.47. The van der Waals surface area contributed by atoms with Gasteiger partial charge in [0.15, 0.2) is 0 Å². The summed E-state index contributed by atoms with van der Waals surface area (Å²) >= 11 is 0. The van der Waals surface area contributed by atoms with Crippen LogP contribution in [0.25, 0.3) is 0 Å². The SMILES string of the molecule is N#Cc1ccc(N2C(=O)[C@@H]3[C@@H]([C@@H]4C=C[C@H]3C4)S2(O)O)cc1C(F)(F)F. The van der Waals surface area contributed by atoms with Gasteiger partial charge in [0.05, 0.1) is 34.1 Å². The normalized spacial score (nSPS) is 33.4. The summed E-state index contributed by atoms with van der Waals surface area (Å²) in [6, 6.07) is 4.20. The molecule has 0 aromatic heterocycles. The van der Waals surface area contributed by atoms with Crippen LogP contribution in [0.5, 0.6) is 0 Å². The first-order chi connectivity index (χ1) is 11.7. The quantitative estimate of drug-likeness (QED) is 0.737. The van der Waals surface area contributed by atoms with Gasteiger partial charge in [-0.3, -0.25) is 13.9 Å². The molecule has 5 nitrogen and oxygen atoms in total. The van der Waals surface area contributed by atoms with Crippen molar-refractivity contribution in [2.24, 2.45) is 17.8 Å². The van der Waals surface area contributed by atoms with Crippen molar-refractivity contribution in [2.45, 2.75) is 17.8 Å². The van der Waals surface area contributed by atoms with Gasteiger partial charge in [-0.15, -0.1) is 10.8 Å². The van der Waals surface area contributed by atoms with E-state index in [0.29, 0.717) is 16.8 Å². The third-order valence-corrected chi connectivity index (χ3v) is 7.47. The smallest absolute Gasteiger partial charge is 0.281 e. The number of nitrogens with zero attached hydrogens (tertiary/aromatic N) is 2. The molecule has 1 amide bonds. The first kappa shape index (κ1) is 16.4. The van der Waals surface area contributed by atoms with Crippen molar-refractivity contribution in [3.05, 3.63) is 41.5 Å². The molecule has 132 valence electrons. The molecular formula is C16H13F3N2O3S. The Balaban J connectivity index is 1.81.